The zero-order valence-corrected chi connectivity index (χ0v) is 17.2. The summed E-state index contributed by atoms with van der Waals surface area (Å²) in [5, 5.41) is 2.10. The lowest BCUT2D eigenvalue weighted by atomic mass is 10.2. The number of hydrogen-bond donors (Lipinski definition) is 1. The number of urea groups is 1. The fourth-order valence-corrected chi connectivity index (χ4v) is 3.45. The van der Waals surface area contributed by atoms with Crippen molar-refractivity contribution in [1.82, 2.24) is 15.1 Å². The van der Waals surface area contributed by atoms with Crippen LogP contribution in [0.25, 0.3) is 0 Å². The summed E-state index contributed by atoms with van der Waals surface area (Å²) < 4.78 is 64.9. The van der Waals surface area contributed by atoms with E-state index in [2.05, 4.69) is 10.3 Å². The molecule has 0 saturated carbocycles. The lowest BCUT2D eigenvalue weighted by Crippen LogP contribution is -2.32. The number of nitrogens with zero attached hydrogens (tertiary/aromatic N) is 3. The van der Waals surface area contributed by atoms with Crippen LogP contribution in [0.1, 0.15) is 12.0 Å². The minimum atomic E-state index is -4.39. The van der Waals surface area contributed by atoms with Crippen LogP contribution in [0.3, 0.4) is 0 Å². The molecule has 0 aromatic heterocycles. The number of benzene rings is 1. The number of alkyl halides is 3. The average Bonchev–Trinajstić information content (AvgIpc) is 3.00. The normalized spacial score (nSPS) is 16.8. The Bertz CT molecular complexity index is 1040. The van der Waals surface area contributed by atoms with Gasteiger partial charge in [0.25, 0.3) is 5.91 Å². The third kappa shape index (κ3) is 5.96. The van der Waals surface area contributed by atoms with E-state index in [4.69, 9.17) is 4.74 Å². The Morgan fingerprint density at radius 1 is 1.23 bits per heavy atom. The minimum absolute atomic E-state index is 0.138. The highest BCUT2D eigenvalue weighted by Gasteiger charge is 2.32. The van der Waals surface area contributed by atoms with Crippen molar-refractivity contribution in [2.75, 3.05) is 25.9 Å². The SMILES string of the molecule is CS(=O)(=O)c1ccc(CN2CCN3C=C(C(=O)NCCC(F)(F)F)OC3=NC2=O)cc1. The molecule has 0 aliphatic carbocycles. The number of aliphatic imine (C=N–C) groups is 1. The van der Waals surface area contributed by atoms with Crippen LogP contribution in [0.15, 0.2) is 46.1 Å². The molecular weight excluding hydrogens is 441 g/mol. The second-order valence-corrected chi connectivity index (χ2v) is 8.94. The van der Waals surface area contributed by atoms with E-state index >= 15 is 0 Å². The fourth-order valence-electron chi connectivity index (χ4n) is 2.82. The molecule has 0 saturated heterocycles. The smallest absolute Gasteiger partial charge is 0.390 e. The van der Waals surface area contributed by atoms with Crippen molar-refractivity contribution in [3.05, 3.63) is 41.8 Å². The molecule has 9 nitrogen and oxygen atoms in total. The summed E-state index contributed by atoms with van der Waals surface area (Å²) in [5.41, 5.74) is 0.698. The van der Waals surface area contributed by atoms with E-state index in [0.717, 1.165) is 6.26 Å². The van der Waals surface area contributed by atoms with Crippen LogP contribution in [0, 0.1) is 0 Å². The highest BCUT2D eigenvalue weighted by molar-refractivity contribution is 7.90. The number of carbonyl (C=O) groups is 2. The zero-order valence-electron chi connectivity index (χ0n) is 16.3. The topological polar surface area (TPSA) is 108 Å². The van der Waals surface area contributed by atoms with Crippen LogP contribution in [0.2, 0.25) is 0 Å². The van der Waals surface area contributed by atoms with Gasteiger partial charge in [0.2, 0.25) is 5.76 Å². The van der Waals surface area contributed by atoms with E-state index in [9.17, 15) is 31.2 Å². The summed E-state index contributed by atoms with van der Waals surface area (Å²) in [7, 11) is -3.33. The predicted octanol–water partition coefficient (Wildman–Crippen LogP) is 1.62. The van der Waals surface area contributed by atoms with Gasteiger partial charge < -0.3 is 15.0 Å². The van der Waals surface area contributed by atoms with Gasteiger partial charge >= 0.3 is 18.2 Å². The van der Waals surface area contributed by atoms with Crippen molar-refractivity contribution in [3.8, 4) is 0 Å². The number of hydrogen-bond acceptors (Lipinski definition) is 6. The molecule has 0 spiro atoms. The average molecular weight is 460 g/mol. The molecule has 1 aromatic carbocycles. The fraction of sp³-hybridized carbons (Fsp3) is 0.389. The molecule has 0 radical (unpaired) electrons. The molecule has 3 amide bonds. The van der Waals surface area contributed by atoms with Crippen molar-refractivity contribution in [1.29, 1.82) is 0 Å². The van der Waals surface area contributed by atoms with Gasteiger partial charge in [0.1, 0.15) is 0 Å². The lowest BCUT2D eigenvalue weighted by Gasteiger charge is -2.19. The monoisotopic (exact) mass is 460 g/mol. The number of fused-ring (bicyclic) bond motifs is 1. The number of amidine groups is 1. The summed E-state index contributed by atoms with van der Waals surface area (Å²) in [6, 6.07) is 5.34. The molecule has 1 aromatic rings. The molecule has 168 valence electrons. The van der Waals surface area contributed by atoms with Crippen molar-refractivity contribution < 1.29 is 35.9 Å². The number of halogens is 3. The first-order valence-corrected chi connectivity index (χ1v) is 11.0. The maximum absolute atomic E-state index is 12.4. The largest absolute Gasteiger partial charge is 0.418 e. The molecule has 2 heterocycles. The third-order valence-electron chi connectivity index (χ3n) is 4.44. The van der Waals surface area contributed by atoms with Gasteiger partial charge in [-0.25, -0.2) is 13.2 Å². The second-order valence-electron chi connectivity index (χ2n) is 6.92. The molecule has 0 fully saturated rings. The van der Waals surface area contributed by atoms with Crippen LogP contribution in [-0.2, 0) is 25.9 Å². The number of carbonyl (C=O) groups excluding carboxylic acids is 2. The molecule has 2 aliphatic rings. The first kappa shape index (κ1) is 22.6. The molecule has 0 unspecified atom stereocenters. The second kappa shape index (κ2) is 8.57. The van der Waals surface area contributed by atoms with Gasteiger partial charge in [-0.1, -0.05) is 12.1 Å². The highest BCUT2D eigenvalue weighted by atomic mass is 32.2. The Hall–Kier alpha value is -3.09. The molecular formula is C18H19F3N4O5S. The quantitative estimate of drug-likeness (QED) is 0.691. The molecule has 13 heteroatoms. The molecule has 0 atom stereocenters. The summed E-state index contributed by atoms with van der Waals surface area (Å²) >= 11 is 0. The minimum Gasteiger partial charge on any atom is -0.418 e. The van der Waals surface area contributed by atoms with E-state index in [1.165, 1.54) is 28.1 Å². The maximum Gasteiger partial charge on any atom is 0.390 e. The Balaban J connectivity index is 1.60. The first-order valence-electron chi connectivity index (χ1n) is 9.10. The van der Waals surface area contributed by atoms with Crippen molar-refractivity contribution in [3.63, 3.8) is 0 Å². The zero-order chi connectivity index (χ0) is 22.8. The Morgan fingerprint density at radius 3 is 2.52 bits per heavy atom. The Kier molecular flexibility index (Phi) is 6.25. The van der Waals surface area contributed by atoms with Crippen molar-refractivity contribution in [2.24, 2.45) is 4.99 Å². The van der Waals surface area contributed by atoms with Crippen molar-refractivity contribution in [2.45, 2.75) is 24.0 Å². The van der Waals surface area contributed by atoms with Crippen LogP contribution < -0.4 is 5.32 Å². The van der Waals surface area contributed by atoms with Gasteiger partial charge in [-0.2, -0.15) is 13.2 Å². The third-order valence-corrected chi connectivity index (χ3v) is 5.56. The summed E-state index contributed by atoms with van der Waals surface area (Å²) in [6.07, 6.45) is -3.19. The Labute approximate surface area is 176 Å². The van der Waals surface area contributed by atoms with E-state index in [1.807, 2.05) is 0 Å². The summed E-state index contributed by atoms with van der Waals surface area (Å²) in [4.78, 5) is 31.2. The lowest BCUT2D eigenvalue weighted by molar-refractivity contribution is -0.135. The molecule has 3 rings (SSSR count). The van der Waals surface area contributed by atoms with Gasteiger partial charge in [-0.15, -0.1) is 4.99 Å². The van der Waals surface area contributed by atoms with Gasteiger partial charge in [0.05, 0.1) is 17.5 Å². The van der Waals surface area contributed by atoms with Gasteiger partial charge in [-0.3, -0.25) is 9.69 Å². The molecule has 1 N–H and O–H groups in total. The van der Waals surface area contributed by atoms with Crippen LogP contribution >= 0.6 is 0 Å². The standard InChI is InChI=1S/C18H19F3N4O5S/c1-31(28,29)13-4-2-12(3-5-13)10-24-8-9-25-11-14(30-17(25)23-16(24)27)15(26)22-7-6-18(19,20)21/h2-5,11H,6-10H2,1H3,(H,22,26). The van der Waals surface area contributed by atoms with Crippen LogP contribution in [-0.4, -0.2) is 68.2 Å². The predicted molar refractivity (Wildman–Crippen MR) is 102 cm³/mol. The number of nitrogens with one attached hydrogen (secondary N) is 1. The molecule has 2 aliphatic heterocycles. The first-order chi connectivity index (χ1) is 14.4. The van der Waals surface area contributed by atoms with E-state index in [1.54, 1.807) is 12.1 Å². The van der Waals surface area contributed by atoms with E-state index in [-0.39, 0.29) is 36.3 Å². The molecule has 0 bridgehead atoms. The van der Waals surface area contributed by atoms with E-state index in [0.29, 0.717) is 5.56 Å². The number of amides is 3. The van der Waals surface area contributed by atoms with E-state index < -0.39 is 40.9 Å². The maximum atomic E-state index is 12.4. The summed E-state index contributed by atoms with van der Waals surface area (Å²) in [5.74, 6) is -1.09. The Morgan fingerprint density at radius 2 is 1.90 bits per heavy atom. The molecule has 31 heavy (non-hydrogen) atoms. The van der Waals surface area contributed by atoms with Gasteiger partial charge in [-0.05, 0) is 17.7 Å². The number of sulfone groups is 1. The summed E-state index contributed by atoms with van der Waals surface area (Å²) in [6.45, 7) is 0.0517. The van der Waals surface area contributed by atoms with Crippen molar-refractivity contribution >= 4 is 27.8 Å². The van der Waals surface area contributed by atoms with Gasteiger partial charge in [0.15, 0.2) is 9.84 Å². The number of rotatable bonds is 6. The van der Waals surface area contributed by atoms with Gasteiger partial charge in [0, 0.05) is 32.4 Å². The number of ether oxygens (including phenoxy) is 1. The van der Waals surface area contributed by atoms with Crippen LogP contribution in [0.4, 0.5) is 18.0 Å². The van der Waals surface area contributed by atoms with Crippen LogP contribution in [0.5, 0.6) is 0 Å². The highest BCUT2D eigenvalue weighted by Crippen LogP contribution is 2.20.